The molecule has 0 spiro atoms. The number of aryl methyl sites for hydroxylation is 1. The van der Waals surface area contributed by atoms with Gasteiger partial charge in [-0.2, -0.15) is 0 Å². The molecule has 0 bridgehead atoms. The van der Waals surface area contributed by atoms with Crippen LogP contribution in [0.1, 0.15) is 47.8 Å². The van der Waals surface area contributed by atoms with Crippen LogP contribution >= 0.6 is 0 Å². The summed E-state index contributed by atoms with van der Waals surface area (Å²) in [6, 6.07) is 12.3. The number of hydrogen-bond acceptors (Lipinski definition) is 6. The lowest BCUT2D eigenvalue weighted by atomic mass is 9.82. The van der Waals surface area contributed by atoms with Crippen LogP contribution in [0.4, 0.5) is 0 Å². The van der Waals surface area contributed by atoms with Gasteiger partial charge in [0.1, 0.15) is 18.0 Å². The molecule has 31 heavy (non-hydrogen) atoms. The summed E-state index contributed by atoms with van der Waals surface area (Å²) in [6.45, 7) is 6.59. The standard InChI is InChI=1S/C25H34O6/c1-5-30-20-8-6-17(7-9-20)11-18-12-21(19(14-29-4)10-15(18)2)25-16(3)23(27)24(28)22(13-26)31-25/h6-10,12,16,22-28H,5,11,13-14H2,1-4H3/t16-,22-,23-,24-,25-/m1/s1. The predicted octanol–water partition coefficient (Wildman–Crippen LogP) is 2.92. The maximum Gasteiger partial charge on any atom is 0.119 e. The van der Waals surface area contributed by atoms with Gasteiger partial charge in [0.15, 0.2) is 0 Å². The molecule has 6 heteroatoms. The van der Waals surface area contributed by atoms with Crippen molar-refractivity contribution >= 4 is 0 Å². The van der Waals surface area contributed by atoms with Crippen molar-refractivity contribution < 1.29 is 29.5 Å². The van der Waals surface area contributed by atoms with Crippen molar-refractivity contribution in [1.82, 2.24) is 0 Å². The van der Waals surface area contributed by atoms with Crippen LogP contribution in [0.5, 0.6) is 5.75 Å². The maximum atomic E-state index is 10.5. The van der Waals surface area contributed by atoms with Crippen LogP contribution in [0.2, 0.25) is 0 Å². The van der Waals surface area contributed by atoms with Crippen LogP contribution in [-0.4, -0.2) is 54.0 Å². The Morgan fingerprint density at radius 3 is 2.35 bits per heavy atom. The molecule has 2 aromatic carbocycles. The summed E-state index contributed by atoms with van der Waals surface area (Å²) in [7, 11) is 1.65. The lowest BCUT2D eigenvalue weighted by molar-refractivity contribution is -0.208. The molecule has 0 radical (unpaired) electrons. The molecule has 1 fully saturated rings. The number of benzene rings is 2. The van der Waals surface area contributed by atoms with E-state index in [1.807, 2.05) is 26.0 Å². The number of rotatable bonds is 8. The molecule has 0 saturated carbocycles. The minimum absolute atomic E-state index is 0.338. The second-order valence-corrected chi connectivity index (χ2v) is 8.28. The lowest BCUT2D eigenvalue weighted by Gasteiger charge is -2.42. The molecule has 3 rings (SSSR count). The Hall–Kier alpha value is -1.96. The van der Waals surface area contributed by atoms with Crippen molar-refractivity contribution in [2.75, 3.05) is 20.3 Å². The van der Waals surface area contributed by atoms with Gasteiger partial charge in [0, 0.05) is 13.0 Å². The molecule has 5 atom stereocenters. The highest BCUT2D eigenvalue weighted by Crippen LogP contribution is 2.39. The van der Waals surface area contributed by atoms with E-state index in [9.17, 15) is 15.3 Å². The number of methoxy groups -OCH3 is 1. The largest absolute Gasteiger partial charge is 0.494 e. The first-order chi connectivity index (χ1) is 14.9. The van der Waals surface area contributed by atoms with E-state index in [0.29, 0.717) is 13.2 Å². The summed E-state index contributed by atoms with van der Waals surface area (Å²) < 4.78 is 17.0. The van der Waals surface area contributed by atoms with Gasteiger partial charge in [-0.25, -0.2) is 0 Å². The Labute approximate surface area is 184 Å². The van der Waals surface area contributed by atoms with Crippen LogP contribution in [0.3, 0.4) is 0 Å². The summed E-state index contributed by atoms with van der Waals surface area (Å²) in [6.07, 6.45) is -2.64. The highest BCUT2D eigenvalue weighted by molar-refractivity contribution is 5.42. The zero-order valence-corrected chi connectivity index (χ0v) is 18.7. The quantitative estimate of drug-likeness (QED) is 0.597. The third-order valence-electron chi connectivity index (χ3n) is 6.08. The Kier molecular flexibility index (Phi) is 8.08. The van der Waals surface area contributed by atoms with Crippen LogP contribution < -0.4 is 4.74 Å². The summed E-state index contributed by atoms with van der Waals surface area (Å²) >= 11 is 0. The van der Waals surface area contributed by atoms with E-state index >= 15 is 0 Å². The lowest BCUT2D eigenvalue weighted by Crippen LogP contribution is -2.51. The maximum absolute atomic E-state index is 10.5. The van der Waals surface area contributed by atoms with Gasteiger partial charge in [-0.15, -0.1) is 0 Å². The average molecular weight is 431 g/mol. The zero-order chi connectivity index (χ0) is 22.5. The number of aliphatic hydroxyl groups is 3. The summed E-state index contributed by atoms with van der Waals surface area (Å²) in [5.74, 6) is 0.514. The van der Waals surface area contributed by atoms with Crippen LogP contribution in [-0.2, 0) is 22.5 Å². The van der Waals surface area contributed by atoms with E-state index in [1.165, 1.54) is 5.56 Å². The molecule has 0 amide bonds. The molecular weight excluding hydrogens is 396 g/mol. The van der Waals surface area contributed by atoms with E-state index in [2.05, 4.69) is 31.2 Å². The van der Waals surface area contributed by atoms with E-state index in [0.717, 1.165) is 34.4 Å². The van der Waals surface area contributed by atoms with E-state index in [1.54, 1.807) is 7.11 Å². The first kappa shape index (κ1) is 23.7. The molecule has 0 unspecified atom stereocenters. The minimum Gasteiger partial charge on any atom is -0.494 e. The SMILES string of the molecule is CCOc1ccc(Cc2cc([C@@H]3O[C@H](CO)[C@@H](O)[C@H](O)[C@H]3C)c(COC)cc2C)cc1. The van der Waals surface area contributed by atoms with Gasteiger partial charge in [-0.3, -0.25) is 0 Å². The van der Waals surface area contributed by atoms with Crippen LogP contribution in [0, 0.1) is 12.8 Å². The normalized spacial score (nSPS) is 26.1. The first-order valence-electron chi connectivity index (χ1n) is 10.8. The highest BCUT2D eigenvalue weighted by Gasteiger charge is 2.43. The van der Waals surface area contributed by atoms with Gasteiger partial charge in [0.05, 0.1) is 32.0 Å². The van der Waals surface area contributed by atoms with Crippen molar-refractivity contribution in [3.05, 3.63) is 64.2 Å². The highest BCUT2D eigenvalue weighted by atomic mass is 16.5. The number of aliphatic hydroxyl groups excluding tert-OH is 3. The Bertz CT molecular complexity index is 848. The minimum atomic E-state index is -1.11. The second-order valence-electron chi connectivity index (χ2n) is 8.28. The summed E-state index contributed by atoms with van der Waals surface area (Å²) in [4.78, 5) is 0. The molecule has 170 valence electrons. The fourth-order valence-electron chi connectivity index (χ4n) is 4.27. The van der Waals surface area contributed by atoms with E-state index < -0.39 is 24.4 Å². The van der Waals surface area contributed by atoms with E-state index in [-0.39, 0.29) is 12.5 Å². The van der Waals surface area contributed by atoms with Crippen molar-refractivity contribution in [3.63, 3.8) is 0 Å². The third-order valence-corrected chi connectivity index (χ3v) is 6.08. The Morgan fingerprint density at radius 2 is 1.74 bits per heavy atom. The molecule has 1 saturated heterocycles. The van der Waals surface area contributed by atoms with Crippen molar-refractivity contribution in [2.24, 2.45) is 5.92 Å². The fraction of sp³-hybridized carbons (Fsp3) is 0.520. The van der Waals surface area contributed by atoms with E-state index in [4.69, 9.17) is 14.2 Å². The Morgan fingerprint density at radius 1 is 1.03 bits per heavy atom. The predicted molar refractivity (Wildman–Crippen MR) is 118 cm³/mol. The summed E-state index contributed by atoms with van der Waals surface area (Å²) in [5.41, 5.74) is 5.36. The molecule has 3 N–H and O–H groups in total. The van der Waals surface area contributed by atoms with Gasteiger partial charge in [0.2, 0.25) is 0 Å². The van der Waals surface area contributed by atoms with Crippen molar-refractivity contribution in [2.45, 2.75) is 58.2 Å². The summed E-state index contributed by atoms with van der Waals surface area (Å²) in [5, 5.41) is 30.4. The molecule has 0 aromatic heterocycles. The van der Waals surface area contributed by atoms with Gasteiger partial charge in [0.25, 0.3) is 0 Å². The van der Waals surface area contributed by atoms with Gasteiger partial charge >= 0.3 is 0 Å². The monoisotopic (exact) mass is 430 g/mol. The first-order valence-corrected chi connectivity index (χ1v) is 10.8. The van der Waals surface area contributed by atoms with Crippen molar-refractivity contribution in [3.8, 4) is 5.75 Å². The third kappa shape index (κ3) is 5.27. The molecule has 1 heterocycles. The second kappa shape index (κ2) is 10.6. The van der Waals surface area contributed by atoms with Gasteiger partial charge in [-0.05, 0) is 60.2 Å². The molecular formula is C25H34O6. The fourth-order valence-corrected chi connectivity index (χ4v) is 4.27. The number of ether oxygens (including phenoxy) is 3. The molecule has 1 aliphatic rings. The topological polar surface area (TPSA) is 88.4 Å². The number of hydrogen-bond donors (Lipinski definition) is 3. The zero-order valence-electron chi connectivity index (χ0n) is 18.7. The van der Waals surface area contributed by atoms with Gasteiger partial charge in [-0.1, -0.05) is 31.2 Å². The van der Waals surface area contributed by atoms with Crippen molar-refractivity contribution in [1.29, 1.82) is 0 Å². The molecule has 0 aliphatic carbocycles. The molecule has 1 aliphatic heterocycles. The smallest absolute Gasteiger partial charge is 0.119 e. The molecule has 6 nitrogen and oxygen atoms in total. The molecule has 2 aromatic rings. The van der Waals surface area contributed by atoms with Gasteiger partial charge < -0.3 is 29.5 Å². The Balaban J connectivity index is 1.95. The average Bonchev–Trinajstić information content (AvgIpc) is 2.76. The van der Waals surface area contributed by atoms with Crippen LogP contribution in [0.15, 0.2) is 36.4 Å². The van der Waals surface area contributed by atoms with Crippen LogP contribution in [0.25, 0.3) is 0 Å².